The third kappa shape index (κ3) is 5.54. The average molecular weight is 416 g/mol. The molecule has 1 aromatic carbocycles. The second-order valence-electron chi connectivity index (χ2n) is 6.57. The largest absolute Gasteiger partial charge is 0.341 e. The van der Waals surface area contributed by atoms with Gasteiger partial charge in [-0.1, -0.05) is 30.2 Å². The molecule has 3 atom stereocenters. The number of aromatic nitrogens is 4. The number of nitrogens with zero attached hydrogens (tertiary/aromatic N) is 5. The zero-order valence-corrected chi connectivity index (χ0v) is 17.3. The number of para-hydroxylation sites is 1. The Morgan fingerprint density at radius 1 is 1.22 bits per heavy atom. The van der Waals surface area contributed by atoms with Crippen LogP contribution in [0.4, 0.5) is 5.95 Å². The molecule has 0 saturated carbocycles. The molecule has 1 aromatic heterocycles. The van der Waals surface area contributed by atoms with Crippen molar-refractivity contribution < 1.29 is 4.79 Å². The van der Waals surface area contributed by atoms with Crippen molar-refractivity contribution in [2.24, 2.45) is 0 Å². The molecule has 8 nitrogen and oxygen atoms in total. The van der Waals surface area contributed by atoms with Crippen LogP contribution in [0, 0.1) is 0 Å². The van der Waals surface area contributed by atoms with Crippen molar-refractivity contribution in [3.63, 3.8) is 0 Å². The lowest BCUT2D eigenvalue weighted by Crippen LogP contribution is -2.58. The van der Waals surface area contributed by atoms with Gasteiger partial charge in [-0.25, -0.2) is 0 Å². The first kappa shape index (κ1) is 23.1. The summed E-state index contributed by atoms with van der Waals surface area (Å²) in [6.45, 7) is 7.61. The van der Waals surface area contributed by atoms with E-state index in [9.17, 15) is 4.79 Å². The minimum Gasteiger partial charge on any atom is -0.341 e. The van der Waals surface area contributed by atoms with Crippen LogP contribution < -0.4 is 10.6 Å². The van der Waals surface area contributed by atoms with Crippen LogP contribution in [0.25, 0.3) is 5.69 Å². The van der Waals surface area contributed by atoms with E-state index in [1.165, 1.54) is 0 Å². The second-order valence-corrected chi connectivity index (χ2v) is 6.57. The first-order valence-corrected chi connectivity index (χ1v) is 8.73. The maximum atomic E-state index is 13.0. The van der Waals surface area contributed by atoms with Crippen LogP contribution in [-0.2, 0) is 4.79 Å². The van der Waals surface area contributed by atoms with Gasteiger partial charge in [0.25, 0.3) is 0 Å². The van der Waals surface area contributed by atoms with Crippen LogP contribution in [-0.4, -0.2) is 62.2 Å². The van der Waals surface area contributed by atoms with Gasteiger partial charge in [-0.3, -0.25) is 4.79 Å². The number of nitrogens with one attached hydrogen (secondary N) is 2. The van der Waals surface area contributed by atoms with E-state index >= 15 is 0 Å². The Hall–Kier alpha value is -1.90. The van der Waals surface area contributed by atoms with E-state index in [1.807, 2.05) is 42.2 Å². The monoisotopic (exact) mass is 415 g/mol. The summed E-state index contributed by atoms with van der Waals surface area (Å²) in [4.78, 5) is 14.9. The standard InChI is InChI=1S/C17H25N7O.2ClH/c1-4-15(16(25)23-10-12(2)18-13(3)11-23)19-17-20-21-22-24(17)14-8-6-5-7-9-14;;/h5-9,12-13,15,18H,4,10-11H2,1-3H3,(H,19,20,22);2*1H. The highest BCUT2D eigenvalue weighted by molar-refractivity contribution is 5.85. The van der Waals surface area contributed by atoms with Crippen molar-refractivity contribution in [1.29, 1.82) is 0 Å². The van der Waals surface area contributed by atoms with Gasteiger partial charge in [0.15, 0.2) is 0 Å². The first-order valence-electron chi connectivity index (χ1n) is 8.73. The quantitative estimate of drug-likeness (QED) is 0.774. The van der Waals surface area contributed by atoms with Gasteiger partial charge in [0.2, 0.25) is 11.9 Å². The van der Waals surface area contributed by atoms with E-state index in [-0.39, 0.29) is 36.8 Å². The van der Waals surface area contributed by atoms with E-state index < -0.39 is 0 Å². The average Bonchev–Trinajstić information content (AvgIpc) is 3.07. The summed E-state index contributed by atoms with van der Waals surface area (Å²) in [5.74, 6) is 0.563. The first-order chi connectivity index (χ1) is 12.1. The fraction of sp³-hybridized carbons (Fsp3) is 0.529. The van der Waals surface area contributed by atoms with Gasteiger partial charge in [0.1, 0.15) is 6.04 Å². The highest BCUT2D eigenvalue weighted by Crippen LogP contribution is 2.15. The zero-order chi connectivity index (χ0) is 17.8. The number of amides is 1. The predicted molar refractivity (Wildman–Crippen MR) is 110 cm³/mol. The summed E-state index contributed by atoms with van der Waals surface area (Å²) >= 11 is 0. The second kappa shape index (κ2) is 10.4. The van der Waals surface area contributed by atoms with Crippen molar-refractivity contribution in [2.75, 3.05) is 18.4 Å². The maximum Gasteiger partial charge on any atom is 0.248 e. The molecule has 1 fully saturated rings. The Morgan fingerprint density at radius 2 is 1.85 bits per heavy atom. The van der Waals surface area contributed by atoms with E-state index in [2.05, 4.69) is 40.0 Å². The SMILES string of the molecule is CCC(Nc1nnnn1-c1ccccc1)C(=O)N1CC(C)NC(C)C1.Cl.Cl. The van der Waals surface area contributed by atoms with Crippen LogP contribution in [0.5, 0.6) is 0 Å². The fourth-order valence-corrected chi connectivity index (χ4v) is 3.24. The van der Waals surface area contributed by atoms with Gasteiger partial charge < -0.3 is 15.5 Å². The van der Waals surface area contributed by atoms with Gasteiger partial charge in [-0.05, 0) is 42.8 Å². The molecule has 2 N–H and O–H groups in total. The molecule has 0 aliphatic carbocycles. The molecule has 1 saturated heterocycles. The molecule has 27 heavy (non-hydrogen) atoms. The summed E-state index contributed by atoms with van der Waals surface area (Å²) in [7, 11) is 0. The Balaban J connectivity index is 0.00000182. The van der Waals surface area contributed by atoms with Gasteiger partial charge in [0.05, 0.1) is 5.69 Å². The minimum atomic E-state index is -0.356. The fourth-order valence-electron chi connectivity index (χ4n) is 3.24. The number of piperazine rings is 1. The molecule has 0 bridgehead atoms. The molecule has 0 spiro atoms. The van der Waals surface area contributed by atoms with Crippen LogP contribution in [0.2, 0.25) is 0 Å². The van der Waals surface area contributed by atoms with E-state index in [0.29, 0.717) is 37.5 Å². The van der Waals surface area contributed by atoms with Gasteiger partial charge in [0, 0.05) is 25.2 Å². The Kier molecular flexibility index (Phi) is 8.95. The molecule has 1 amide bonds. The van der Waals surface area contributed by atoms with Crippen molar-refractivity contribution in [2.45, 2.75) is 45.3 Å². The predicted octanol–water partition coefficient (Wildman–Crippen LogP) is 1.91. The molecule has 1 aliphatic rings. The summed E-state index contributed by atoms with van der Waals surface area (Å²) in [6.07, 6.45) is 0.660. The lowest BCUT2D eigenvalue weighted by Gasteiger charge is -2.37. The minimum absolute atomic E-state index is 0. The van der Waals surface area contributed by atoms with Crippen LogP contribution >= 0.6 is 24.8 Å². The molecule has 3 rings (SSSR count). The summed E-state index contributed by atoms with van der Waals surface area (Å²) in [5.41, 5.74) is 0.849. The third-order valence-corrected chi connectivity index (χ3v) is 4.35. The molecular formula is C17H27Cl2N7O. The highest BCUT2D eigenvalue weighted by atomic mass is 35.5. The Bertz CT molecular complexity index is 702. The zero-order valence-electron chi connectivity index (χ0n) is 15.7. The summed E-state index contributed by atoms with van der Waals surface area (Å²) in [6, 6.07) is 9.85. The number of hydrogen-bond donors (Lipinski definition) is 2. The Morgan fingerprint density at radius 3 is 2.44 bits per heavy atom. The third-order valence-electron chi connectivity index (χ3n) is 4.35. The number of hydrogen-bond acceptors (Lipinski definition) is 6. The molecule has 150 valence electrons. The number of rotatable bonds is 5. The smallest absolute Gasteiger partial charge is 0.248 e. The number of tetrazole rings is 1. The van der Waals surface area contributed by atoms with Gasteiger partial charge in [-0.15, -0.1) is 24.8 Å². The number of anilines is 1. The van der Waals surface area contributed by atoms with Gasteiger partial charge in [-0.2, -0.15) is 4.68 Å². The van der Waals surface area contributed by atoms with Crippen LogP contribution in [0.3, 0.4) is 0 Å². The van der Waals surface area contributed by atoms with Crippen molar-refractivity contribution >= 4 is 36.7 Å². The summed E-state index contributed by atoms with van der Waals surface area (Å²) in [5, 5.41) is 18.5. The Labute approximate surface area is 171 Å². The van der Waals surface area contributed by atoms with Crippen LogP contribution in [0.1, 0.15) is 27.2 Å². The molecule has 0 radical (unpaired) electrons. The van der Waals surface area contributed by atoms with E-state index in [0.717, 1.165) is 5.69 Å². The number of carbonyl (C=O) groups is 1. The van der Waals surface area contributed by atoms with Crippen molar-refractivity contribution in [3.8, 4) is 5.69 Å². The molecule has 2 aromatic rings. The topological polar surface area (TPSA) is 88.0 Å². The van der Waals surface area contributed by atoms with Crippen molar-refractivity contribution in [3.05, 3.63) is 30.3 Å². The normalized spacial score (nSPS) is 20.2. The highest BCUT2D eigenvalue weighted by Gasteiger charge is 2.30. The lowest BCUT2D eigenvalue weighted by atomic mass is 10.1. The van der Waals surface area contributed by atoms with E-state index in [4.69, 9.17) is 0 Å². The number of carbonyl (C=O) groups excluding carboxylic acids is 1. The number of halogens is 2. The summed E-state index contributed by atoms with van der Waals surface area (Å²) < 4.78 is 1.61. The molecule has 10 heteroatoms. The van der Waals surface area contributed by atoms with Crippen LogP contribution in [0.15, 0.2) is 30.3 Å². The number of benzene rings is 1. The van der Waals surface area contributed by atoms with E-state index in [1.54, 1.807) is 4.68 Å². The molecule has 3 unspecified atom stereocenters. The maximum absolute atomic E-state index is 13.0. The molecular weight excluding hydrogens is 389 g/mol. The molecule has 2 heterocycles. The lowest BCUT2D eigenvalue weighted by molar-refractivity contribution is -0.133. The molecule has 1 aliphatic heterocycles. The van der Waals surface area contributed by atoms with Crippen molar-refractivity contribution in [1.82, 2.24) is 30.4 Å². The van der Waals surface area contributed by atoms with Gasteiger partial charge >= 0.3 is 0 Å².